The molecule has 7 heteroatoms. The molecular formula is C34H17Cl2NO2S2. The van der Waals surface area contributed by atoms with E-state index < -0.39 is 0 Å². The van der Waals surface area contributed by atoms with E-state index in [2.05, 4.69) is 71.3 Å². The maximum atomic E-state index is 13.2. The van der Waals surface area contributed by atoms with Crippen LogP contribution in [0.25, 0.3) is 53.4 Å². The Kier molecular flexibility index (Phi) is 5.60. The molecule has 0 atom stereocenters. The molecule has 1 aliphatic rings. The first-order valence-electron chi connectivity index (χ1n) is 12.9. The second kappa shape index (κ2) is 9.26. The molecule has 196 valence electrons. The van der Waals surface area contributed by atoms with E-state index in [1.807, 2.05) is 18.2 Å². The molecule has 1 aliphatic carbocycles. The summed E-state index contributed by atoms with van der Waals surface area (Å²) in [5.74, 6) is -0.654. The molecule has 0 saturated heterocycles. The lowest BCUT2D eigenvalue weighted by molar-refractivity contribution is 0.0990. The van der Waals surface area contributed by atoms with Crippen molar-refractivity contribution in [1.29, 1.82) is 0 Å². The lowest BCUT2D eigenvalue weighted by atomic mass is 10.0. The van der Waals surface area contributed by atoms with Crippen LogP contribution in [0.3, 0.4) is 0 Å². The highest BCUT2D eigenvalue weighted by atomic mass is 35.5. The van der Waals surface area contributed by atoms with Gasteiger partial charge in [0.15, 0.2) is 11.6 Å². The molecular weight excluding hydrogens is 589 g/mol. The maximum absolute atomic E-state index is 13.2. The summed E-state index contributed by atoms with van der Waals surface area (Å²) in [5.41, 5.74) is 5.16. The Morgan fingerprint density at radius 2 is 1.27 bits per heavy atom. The summed E-state index contributed by atoms with van der Waals surface area (Å²) in [7, 11) is 0. The third-order valence-electron chi connectivity index (χ3n) is 7.53. The second-order valence-electron chi connectivity index (χ2n) is 9.91. The minimum Gasteiger partial charge on any atom is -0.307 e. The van der Waals surface area contributed by atoms with Gasteiger partial charge in [0.2, 0.25) is 0 Å². The van der Waals surface area contributed by atoms with E-state index in [0.29, 0.717) is 11.1 Å². The molecule has 0 bridgehead atoms. The number of nitrogens with zero attached hydrogens (tertiary/aromatic N) is 1. The number of ketones is 2. The van der Waals surface area contributed by atoms with E-state index in [4.69, 9.17) is 23.2 Å². The van der Waals surface area contributed by atoms with E-state index in [0.717, 1.165) is 26.3 Å². The maximum Gasteiger partial charge on any atom is 0.197 e. The summed E-state index contributed by atoms with van der Waals surface area (Å²) in [6.07, 6.45) is 1.71. The standard InChI is InChI=1S/C34H17Cl2NO2S2/c35-26-15-23-24(16-27(26)36)32(39)25(31(23)38)13-20-14-28-33(40-20)34-29(37(28)19-9-2-1-3-10-19)17-30(41-34)22-12-6-8-18-7-4-5-11-21(18)22/h1-17H. The van der Waals surface area contributed by atoms with Gasteiger partial charge in [0.05, 0.1) is 36.1 Å². The Balaban J connectivity index is 1.33. The van der Waals surface area contributed by atoms with Crippen LogP contribution in [-0.2, 0) is 0 Å². The van der Waals surface area contributed by atoms with Crippen molar-refractivity contribution in [2.24, 2.45) is 0 Å². The lowest BCUT2D eigenvalue weighted by Crippen LogP contribution is -1.99. The van der Waals surface area contributed by atoms with Crippen molar-refractivity contribution in [3.8, 4) is 16.1 Å². The molecule has 0 fully saturated rings. The number of Topliss-reactive ketones (excluding diaryl/α,β-unsaturated/α-hetero) is 2. The van der Waals surface area contributed by atoms with E-state index in [9.17, 15) is 9.59 Å². The van der Waals surface area contributed by atoms with Crippen LogP contribution in [0.5, 0.6) is 0 Å². The molecule has 0 saturated carbocycles. The molecule has 0 radical (unpaired) electrons. The van der Waals surface area contributed by atoms with E-state index >= 15 is 0 Å². The van der Waals surface area contributed by atoms with Crippen molar-refractivity contribution in [3.05, 3.63) is 129 Å². The minimum atomic E-state index is -0.327. The number of benzene rings is 4. The Morgan fingerprint density at radius 3 is 2.02 bits per heavy atom. The van der Waals surface area contributed by atoms with Gasteiger partial charge in [0, 0.05) is 26.6 Å². The molecule has 3 nitrogen and oxygen atoms in total. The normalized spacial score (nSPS) is 13.2. The molecule has 0 N–H and O–H groups in total. The number of aromatic nitrogens is 1. The number of halogens is 2. The van der Waals surface area contributed by atoms with Crippen molar-refractivity contribution in [2.45, 2.75) is 0 Å². The third kappa shape index (κ3) is 3.77. The Hall–Kier alpha value is -4.00. The zero-order valence-electron chi connectivity index (χ0n) is 21.2. The number of thiophene rings is 2. The van der Waals surface area contributed by atoms with Crippen molar-refractivity contribution in [1.82, 2.24) is 4.57 Å². The number of hydrogen-bond acceptors (Lipinski definition) is 4. The van der Waals surface area contributed by atoms with Gasteiger partial charge < -0.3 is 4.57 Å². The fourth-order valence-electron chi connectivity index (χ4n) is 5.66. The van der Waals surface area contributed by atoms with Gasteiger partial charge >= 0.3 is 0 Å². The molecule has 0 unspecified atom stereocenters. The third-order valence-corrected chi connectivity index (χ3v) is 10.6. The molecule has 3 aromatic heterocycles. The monoisotopic (exact) mass is 605 g/mol. The zero-order valence-corrected chi connectivity index (χ0v) is 24.3. The smallest absolute Gasteiger partial charge is 0.197 e. The summed E-state index contributed by atoms with van der Waals surface area (Å²) >= 11 is 15.6. The average molecular weight is 607 g/mol. The van der Waals surface area contributed by atoms with Gasteiger partial charge in [-0.2, -0.15) is 0 Å². The number of carbonyl (C=O) groups is 2. The molecule has 41 heavy (non-hydrogen) atoms. The second-order valence-corrected chi connectivity index (χ2v) is 12.9. The highest BCUT2D eigenvalue weighted by molar-refractivity contribution is 7.29. The number of allylic oxidation sites excluding steroid dienone is 1. The fraction of sp³-hybridized carbons (Fsp3) is 0. The molecule has 8 rings (SSSR count). The van der Waals surface area contributed by atoms with Crippen LogP contribution in [-0.4, -0.2) is 16.1 Å². The van der Waals surface area contributed by atoms with E-state index in [1.165, 1.54) is 38.0 Å². The predicted octanol–water partition coefficient (Wildman–Crippen LogP) is 10.5. The summed E-state index contributed by atoms with van der Waals surface area (Å²) < 4.78 is 4.56. The van der Waals surface area contributed by atoms with E-state index in [-0.39, 0.29) is 27.2 Å². The highest BCUT2D eigenvalue weighted by Gasteiger charge is 2.34. The number of fused-ring (bicyclic) bond motifs is 5. The van der Waals surface area contributed by atoms with Gasteiger partial charge in [-0.05, 0) is 58.8 Å². The molecule has 7 aromatic rings. The Morgan fingerprint density at radius 1 is 0.634 bits per heavy atom. The summed E-state index contributed by atoms with van der Waals surface area (Å²) in [5, 5.41) is 2.94. The first-order valence-corrected chi connectivity index (χ1v) is 15.3. The number of rotatable bonds is 3. The molecule has 3 heterocycles. The van der Waals surface area contributed by atoms with E-state index in [1.54, 1.807) is 28.7 Å². The summed E-state index contributed by atoms with van der Waals surface area (Å²) in [4.78, 5) is 28.4. The molecule has 0 spiro atoms. The number of para-hydroxylation sites is 1. The SMILES string of the molecule is O=C1C(=Cc2cc3c(s2)c2sc(-c4cccc5ccccc45)cc2n3-c2ccccc2)C(=O)c2cc(Cl)c(Cl)cc21. The van der Waals surface area contributed by atoms with Crippen LogP contribution >= 0.6 is 45.9 Å². The van der Waals surface area contributed by atoms with Crippen LogP contribution in [0.4, 0.5) is 0 Å². The van der Waals surface area contributed by atoms with Crippen LogP contribution in [0.1, 0.15) is 25.6 Å². The topological polar surface area (TPSA) is 39.1 Å². The van der Waals surface area contributed by atoms with Gasteiger partial charge in [0.25, 0.3) is 0 Å². The van der Waals surface area contributed by atoms with Gasteiger partial charge in [0.1, 0.15) is 0 Å². The fourth-order valence-corrected chi connectivity index (χ4v) is 8.40. The van der Waals surface area contributed by atoms with Crippen molar-refractivity contribution in [3.63, 3.8) is 0 Å². The highest BCUT2D eigenvalue weighted by Crippen LogP contribution is 2.46. The van der Waals surface area contributed by atoms with Crippen molar-refractivity contribution < 1.29 is 9.59 Å². The van der Waals surface area contributed by atoms with Gasteiger partial charge in [-0.15, -0.1) is 22.7 Å². The molecule has 4 aromatic carbocycles. The first kappa shape index (κ1) is 24.8. The van der Waals surface area contributed by atoms with Gasteiger partial charge in [-0.3, -0.25) is 9.59 Å². The molecule has 0 aliphatic heterocycles. The number of hydrogen-bond donors (Lipinski definition) is 0. The largest absolute Gasteiger partial charge is 0.307 e. The summed E-state index contributed by atoms with van der Waals surface area (Å²) in [6.45, 7) is 0. The predicted molar refractivity (Wildman–Crippen MR) is 173 cm³/mol. The molecule has 0 amide bonds. The minimum absolute atomic E-state index is 0.132. The number of carbonyl (C=O) groups excluding carboxylic acids is 2. The Labute approximate surface area is 252 Å². The zero-order chi connectivity index (χ0) is 27.8. The van der Waals surface area contributed by atoms with Crippen molar-refractivity contribution in [2.75, 3.05) is 0 Å². The van der Waals surface area contributed by atoms with Crippen LogP contribution in [0.15, 0.2) is 103 Å². The lowest BCUT2D eigenvalue weighted by Gasteiger charge is -2.06. The van der Waals surface area contributed by atoms with Crippen LogP contribution < -0.4 is 0 Å². The summed E-state index contributed by atoms with van der Waals surface area (Å²) in [6, 6.07) is 32.4. The van der Waals surface area contributed by atoms with Crippen LogP contribution in [0.2, 0.25) is 10.0 Å². The van der Waals surface area contributed by atoms with Gasteiger partial charge in [-0.1, -0.05) is 83.9 Å². The van der Waals surface area contributed by atoms with Crippen molar-refractivity contribution >= 4 is 94.7 Å². The average Bonchev–Trinajstić information content (AvgIpc) is 3.71. The van der Waals surface area contributed by atoms with Gasteiger partial charge in [-0.25, -0.2) is 0 Å². The Bertz CT molecular complexity index is 2220. The quantitative estimate of drug-likeness (QED) is 0.148. The van der Waals surface area contributed by atoms with Crippen LogP contribution in [0, 0.1) is 0 Å². The first-order chi connectivity index (χ1) is 20.0.